The van der Waals surface area contributed by atoms with E-state index in [1.807, 2.05) is 6.07 Å². The number of hydrogen-bond acceptors (Lipinski definition) is 2. The van der Waals surface area contributed by atoms with Crippen molar-refractivity contribution < 1.29 is 4.42 Å². The van der Waals surface area contributed by atoms with Crippen molar-refractivity contribution in [2.75, 3.05) is 4.90 Å². The van der Waals surface area contributed by atoms with E-state index in [2.05, 4.69) is 263 Å². The van der Waals surface area contributed by atoms with Crippen LogP contribution in [0.5, 0.6) is 0 Å². The van der Waals surface area contributed by atoms with Crippen LogP contribution >= 0.6 is 0 Å². The van der Waals surface area contributed by atoms with Gasteiger partial charge in [-0.2, -0.15) is 0 Å². The second-order valence-corrected chi connectivity index (χ2v) is 20.6. The molecule has 3 nitrogen and oxygen atoms in total. The van der Waals surface area contributed by atoms with Crippen molar-refractivity contribution in [3.8, 4) is 39.1 Å². The topological polar surface area (TPSA) is 21.3 Å². The van der Waals surface area contributed by atoms with Gasteiger partial charge >= 0.3 is 0 Å². The number of hydrogen-bond donors (Lipinski definition) is 0. The van der Waals surface area contributed by atoms with E-state index < -0.39 is 0 Å². The van der Waals surface area contributed by atoms with E-state index >= 15 is 0 Å². The van der Waals surface area contributed by atoms with Crippen LogP contribution in [0.2, 0.25) is 0 Å². The Morgan fingerprint density at radius 3 is 1.68 bits per heavy atom. The van der Waals surface area contributed by atoms with E-state index in [-0.39, 0.29) is 10.8 Å². The molecule has 0 N–H and O–H groups in total. The van der Waals surface area contributed by atoms with Crippen LogP contribution < -0.4 is 4.90 Å². The molecule has 0 aliphatic carbocycles. The molecule has 0 saturated carbocycles. The molecule has 0 aliphatic rings. The number of fused-ring (bicyclic) bond motifs is 7. The number of nitrogens with zero attached hydrogens (tertiary/aromatic N) is 2. The van der Waals surface area contributed by atoms with Crippen molar-refractivity contribution in [3.63, 3.8) is 0 Å². The summed E-state index contributed by atoms with van der Waals surface area (Å²) in [5.74, 6) is 0. The van der Waals surface area contributed by atoms with Crippen molar-refractivity contribution in [2.24, 2.45) is 0 Å². The number of anilines is 3. The molecule has 2 aromatic heterocycles. The maximum absolute atomic E-state index is 6.58. The molecule has 0 saturated heterocycles. The van der Waals surface area contributed by atoms with Crippen LogP contribution in [0.4, 0.5) is 17.1 Å². The molecule has 10 aromatic carbocycles. The van der Waals surface area contributed by atoms with E-state index in [0.29, 0.717) is 0 Å². The Morgan fingerprint density at radius 1 is 0.377 bits per heavy atom. The minimum Gasteiger partial charge on any atom is -0.456 e. The highest BCUT2D eigenvalue weighted by atomic mass is 16.3. The van der Waals surface area contributed by atoms with Crippen LogP contribution in [-0.4, -0.2) is 4.57 Å². The Kier molecular flexibility index (Phi) is 9.97. The number of aromatic nitrogens is 1. The monoisotopic (exact) mass is 890 g/mol. The van der Waals surface area contributed by atoms with Gasteiger partial charge in [0.25, 0.3) is 0 Å². The lowest BCUT2D eigenvalue weighted by atomic mass is 9.78. The van der Waals surface area contributed by atoms with Gasteiger partial charge in [0.2, 0.25) is 0 Å². The predicted molar refractivity (Wildman–Crippen MR) is 294 cm³/mol. The van der Waals surface area contributed by atoms with Crippen molar-refractivity contribution in [3.05, 3.63) is 230 Å². The first-order valence-electron chi connectivity index (χ1n) is 24.2. The fraction of sp³-hybridized carbons (Fsp3) is 0.121. The Balaban J connectivity index is 1.06. The molecule has 0 fully saturated rings. The van der Waals surface area contributed by atoms with Crippen molar-refractivity contribution in [1.82, 2.24) is 4.57 Å². The first-order chi connectivity index (χ1) is 33.5. The van der Waals surface area contributed by atoms with Gasteiger partial charge in [-0.1, -0.05) is 193 Å². The Labute approximate surface area is 404 Å². The third kappa shape index (κ3) is 7.28. The highest BCUT2D eigenvalue weighted by Crippen LogP contribution is 2.47. The molecule has 0 spiro atoms. The van der Waals surface area contributed by atoms with E-state index in [9.17, 15) is 0 Å². The highest BCUT2D eigenvalue weighted by molar-refractivity contribution is 6.16. The maximum atomic E-state index is 6.58. The summed E-state index contributed by atoms with van der Waals surface area (Å²) in [4.78, 5) is 2.41. The largest absolute Gasteiger partial charge is 0.456 e. The van der Waals surface area contributed by atoms with Gasteiger partial charge in [0.05, 0.1) is 16.7 Å². The molecule has 0 radical (unpaired) electrons. The highest BCUT2D eigenvalue weighted by Gasteiger charge is 2.25. The number of rotatable bonds is 7. The zero-order chi connectivity index (χ0) is 47.0. The third-order valence-corrected chi connectivity index (χ3v) is 14.1. The van der Waals surface area contributed by atoms with Crippen LogP contribution in [0.25, 0.3) is 93.6 Å². The van der Waals surface area contributed by atoms with Gasteiger partial charge in [0.15, 0.2) is 0 Å². The summed E-state index contributed by atoms with van der Waals surface area (Å²) in [6.07, 6.45) is 0. The SMILES string of the molecule is CC(C)(C)c1cc(-c2cccc3cccc(-c4ccccc4N(c4ccc(-c5cccc6c5c5ccccc5n6-c5ccccc5)cc4)c4ccc5c(c4)oc4ccccc45)c23)cc(C(C)(C)C)c1. The molecule has 0 unspecified atom stereocenters. The van der Waals surface area contributed by atoms with Crippen molar-refractivity contribution in [1.29, 1.82) is 0 Å². The molecular formula is C66H54N2O. The summed E-state index contributed by atoms with van der Waals surface area (Å²) in [6.45, 7) is 13.9. The van der Waals surface area contributed by atoms with Crippen LogP contribution in [0.1, 0.15) is 52.7 Å². The Bertz CT molecular complexity index is 3870. The Morgan fingerprint density at radius 2 is 0.942 bits per heavy atom. The lowest BCUT2D eigenvalue weighted by Gasteiger charge is -2.29. The first kappa shape index (κ1) is 42.2. The van der Waals surface area contributed by atoms with Gasteiger partial charge in [-0.3, -0.25) is 0 Å². The fourth-order valence-corrected chi connectivity index (χ4v) is 10.5. The summed E-state index contributed by atoms with van der Waals surface area (Å²) in [7, 11) is 0. The summed E-state index contributed by atoms with van der Waals surface area (Å²) in [5, 5.41) is 7.15. The molecular weight excluding hydrogens is 837 g/mol. The quantitative estimate of drug-likeness (QED) is 0.159. The number of para-hydroxylation sites is 4. The molecule has 12 rings (SSSR count). The average molecular weight is 891 g/mol. The third-order valence-electron chi connectivity index (χ3n) is 14.1. The lowest BCUT2D eigenvalue weighted by molar-refractivity contribution is 0.569. The summed E-state index contributed by atoms with van der Waals surface area (Å²) < 4.78 is 8.97. The van der Waals surface area contributed by atoms with E-state index in [4.69, 9.17) is 4.42 Å². The molecule has 3 heteroatoms. The van der Waals surface area contributed by atoms with Crippen LogP contribution in [0, 0.1) is 0 Å². The molecule has 69 heavy (non-hydrogen) atoms. The zero-order valence-corrected chi connectivity index (χ0v) is 40.1. The van der Waals surface area contributed by atoms with E-state index in [1.54, 1.807) is 0 Å². The molecule has 0 bridgehead atoms. The summed E-state index contributed by atoms with van der Waals surface area (Å²) in [6, 6.07) is 80.0. The van der Waals surface area contributed by atoms with Gasteiger partial charge in [-0.25, -0.2) is 0 Å². The molecule has 0 atom stereocenters. The minimum atomic E-state index is -0.0133. The van der Waals surface area contributed by atoms with Crippen LogP contribution in [0.3, 0.4) is 0 Å². The van der Waals surface area contributed by atoms with Gasteiger partial charge in [-0.15, -0.1) is 0 Å². The summed E-state index contributed by atoms with van der Waals surface area (Å²) in [5.41, 5.74) is 18.2. The standard InChI is InChI=1S/C66H54N2O/c1-65(2,3)46-39-45(40-47(41-46)66(4,5)6)52-26-16-19-44-20-17-28-56(63(44)52)53-23-10-13-29-58(53)67(50-37-38-55-54-24-12-15-32-61(54)69-62(55)42-50)49-35-33-43(34-36-49)51-27-18-31-60-64(51)57-25-11-14-30-59(57)68(60)48-21-8-7-9-22-48/h7-42H,1-6H3. The predicted octanol–water partition coefficient (Wildman–Crippen LogP) is 18.9. The molecule has 12 aromatic rings. The normalized spacial score (nSPS) is 12.2. The smallest absolute Gasteiger partial charge is 0.137 e. The van der Waals surface area contributed by atoms with Gasteiger partial charge in [-0.05, 0) is 121 Å². The minimum absolute atomic E-state index is 0.0133. The second kappa shape index (κ2) is 16.3. The van der Waals surface area contributed by atoms with Gasteiger partial charge < -0.3 is 13.9 Å². The van der Waals surface area contributed by atoms with Gasteiger partial charge in [0, 0.05) is 50.2 Å². The molecule has 334 valence electrons. The molecule has 2 heterocycles. The summed E-state index contributed by atoms with van der Waals surface area (Å²) >= 11 is 0. The fourth-order valence-electron chi connectivity index (χ4n) is 10.5. The Hall–Kier alpha value is -8.14. The maximum Gasteiger partial charge on any atom is 0.137 e. The first-order valence-corrected chi connectivity index (χ1v) is 24.2. The van der Waals surface area contributed by atoms with E-state index in [0.717, 1.165) is 55.8 Å². The average Bonchev–Trinajstić information content (AvgIpc) is 3.92. The van der Waals surface area contributed by atoms with Crippen molar-refractivity contribution >= 4 is 71.6 Å². The second-order valence-electron chi connectivity index (χ2n) is 20.6. The van der Waals surface area contributed by atoms with Crippen LogP contribution in [0.15, 0.2) is 223 Å². The zero-order valence-electron chi connectivity index (χ0n) is 40.1. The lowest BCUT2D eigenvalue weighted by Crippen LogP contribution is -2.16. The van der Waals surface area contributed by atoms with E-state index in [1.165, 1.54) is 66.0 Å². The van der Waals surface area contributed by atoms with Gasteiger partial charge in [0.1, 0.15) is 11.2 Å². The van der Waals surface area contributed by atoms with Crippen LogP contribution in [-0.2, 0) is 10.8 Å². The number of benzene rings is 10. The molecule has 0 amide bonds. The molecule has 0 aliphatic heterocycles. The van der Waals surface area contributed by atoms with Crippen molar-refractivity contribution in [2.45, 2.75) is 52.4 Å². The number of furan rings is 1.